The zero-order valence-corrected chi connectivity index (χ0v) is 11.8. The van der Waals surface area contributed by atoms with Crippen molar-refractivity contribution in [2.45, 2.75) is 38.7 Å². The summed E-state index contributed by atoms with van der Waals surface area (Å²) >= 11 is 3.58. The van der Waals surface area contributed by atoms with Crippen molar-refractivity contribution in [3.63, 3.8) is 0 Å². The molecule has 0 radical (unpaired) electrons. The number of rotatable bonds is 3. The summed E-state index contributed by atoms with van der Waals surface area (Å²) in [7, 11) is 0. The van der Waals surface area contributed by atoms with E-state index < -0.39 is 0 Å². The van der Waals surface area contributed by atoms with Crippen LogP contribution in [0.1, 0.15) is 31.2 Å². The maximum atomic E-state index is 9.46. The van der Waals surface area contributed by atoms with Crippen molar-refractivity contribution in [2.24, 2.45) is 5.92 Å². The van der Waals surface area contributed by atoms with Crippen molar-refractivity contribution >= 4 is 21.6 Å². The second-order valence-corrected chi connectivity index (χ2v) is 5.89. The Bertz CT molecular complexity index is 372. The number of halogens is 1. The fraction of sp³-hybridized carbons (Fsp3) is 0.571. The van der Waals surface area contributed by atoms with E-state index in [1.54, 1.807) is 0 Å². The van der Waals surface area contributed by atoms with Gasteiger partial charge < -0.3 is 10.4 Å². The predicted molar refractivity (Wildman–Crippen MR) is 75.3 cm³/mol. The third-order valence-corrected chi connectivity index (χ3v) is 4.18. The van der Waals surface area contributed by atoms with E-state index in [4.69, 9.17) is 0 Å². The van der Waals surface area contributed by atoms with Crippen LogP contribution < -0.4 is 5.32 Å². The highest BCUT2D eigenvalue weighted by molar-refractivity contribution is 9.10. The smallest absolute Gasteiger partial charge is 0.0540 e. The van der Waals surface area contributed by atoms with E-state index >= 15 is 0 Å². The number of hydrogen-bond acceptors (Lipinski definition) is 2. The molecule has 1 saturated carbocycles. The van der Waals surface area contributed by atoms with Gasteiger partial charge in [-0.05, 0) is 72.2 Å². The molecule has 0 spiro atoms. The highest BCUT2D eigenvalue weighted by Gasteiger charge is 2.19. The zero-order chi connectivity index (χ0) is 12.3. The van der Waals surface area contributed by atoms with Gasteiger partial charge in [0.1, 0.15) is 0 Å². The van der Waals surface area contributed by atoms with E-state index in [1.807, 2.05) is 0 Å². The molecule has 3 heteroatoms. The fourth-order valence-electron chi connectivity index (χ4n) is 2.37. The van der Waals surface area contributed by atoms with Gasteiger partial charge in [0.05, 0.1) is 6.10 Å². The monoisotopic (exact) mass is 297 g/mol. The van der Waals surface area contributed by atoms with Gasteiger partial charge in [-0.2, -0.15) is 0 Å². The molecule has 1 aliphatic carbocycles. The standard InChI is InChI=1S/C14H20BrNO/c1-10-2-7-14(13(15)8-10)16-9-11-3-5-12(17)6-4-11/h2,7-8,11-12,16-17H,3-6,9H2,1H3. The first kappa shape index (κ1) is 12.9. The Kier molecular flexibility index (Phi) is 4.46. The van der Waals surface area contributed by atoms with Crippen molar-refractivity contribution in [2.75, 3.05) is 11.9 Å². The number of aliphatic hydroxyl groups is 1. The van der Waals surface area contributed by atoms with Crippen LogP contribution in [0.2, 0.25) is 0 Å². The largest absolute Gasteiger partial charge is 0.393 e. The van der Waals surface area contributed by atoms with E-state index in [2.05, 4.69) is 46.4 Å². The first-order valence-electron chi connectivity index (χ1n) is 6.33. The Morgan fingerprint density at radius 1 is 1.29 bits per heavy atom. The lowest BCUT2D eigenvalue weighted by atomic mass is 9.87. The van der Waals surface area contributed by atoms with Gasteiger partial charge in [-0.3, -0.25) is 0 Å². The SMILES string of the molecule is Cc1ccc(NCC2CCC(O)CC2)c(Br)c1. The van der Waals surface area contributed by atoms with Crippen LogP contribution in [0.15, 0.2) is 22.7 Å². The quantitative estimate of drug-likeness (QED) is 0.891. The number of anilines is 1. The summed E-state index contributed by atoms with van der Waals surface area (Å²) in [5, 5.41) is 13.0. The van der Waals surface area contributed by atoms with Crippen LogP contribution in [0, 0.1) is 12.8 Å². The molecule has 0 bridgehead atoms. The van der Waals surface area contributed by atoms with Gasteiger partial charge in [-0.1, -0.05) is 6.07 Å². The van der Waals surface area contributed by atoms with E-state index in [0.29, 0.717) is 5.92 Å². The summed E-state index contributed by atoms with van der Waals surface area (Å²) in [4.78, 5) is 0. The van der Waals surface area contributed by atoms with Crippen LogP contribution >= 0.6 is 15.9 Å². The molecule has 0 heterocycles. The predicted octanol–water partition coefficient (Wildman–Crippen LogP) is 3.72. The van der Waals surface area contributed by atoms with Gasteiger partial charge in [0.15, 0.2) is 0 Å². The summed E-state index contributed by atoms with van der Waals surface area (Å²) in [5.41, 5.74) is 2.44. The summed E-state index contributed by atoms with van der Waals surface area (Å²) in [6.07, 6.45) is 4.13. The molecule has 2 nitrogen and oxygen atoms in total. The average Bonchev–Trinajstić information content (AvgIpc) is 2.30. The number of benzene rings is 1. The molecule has 1 aliphatic rings. The van der Waals surface area contributed by atoms with E-state index in [0.717, 1.165) is 36.7 Å². The van der Waals surface area contributed by atoms with Gasteiger partial charge in [0.25, 0.3) is 0 Å². The van der Waals surface area contributed by atoms with Crippen molar-refractivity contribution in [3.05, 3.63) is 28.2 Å². The number of aryl methyl sites for hydroxylation is 1. The maximum absolute atomic E-state index is 9.46. The lowest BCUT2D eigenvalue weighted by Crippen LogP contribution is -2.23. The van der Waals surface area contributed by atoms with Gasteiger partial charge in [0.2, 0.25) is 0 Å². The minimum absolute atomic E-state index is 0.0580. The van der Waals surface area contributed by atoms with E-state index in [-0.39, 0.29) is 6.10 Å². The average molecular weight is 298 g/mol. The molecular formula is C14H20BrNO. The molecule has 2 rings (SSSR count). The molecule has 0 unspecified atom stereocenters. The molecule has 17 heavy (non-hydrogen) atoms. The molecule has 94 valence electrons. The van der Waals surface area contributed by atoms with Crippen molar-refractivity contribution in [3.8, 4) is 0 Å². The van der Waals surface area contributed by atoms with Crippen molar-refractivity contribution in [1.29, 1.82) is 0 Å². The molecule has 0 amide bonds. The molecule has 0 aromatic heterocycles. The topological polar surface area (TPSA) is 32.3 Å². The first-order valence-corrected chi connectivity index (χ1v) is 7.12. The highest BCUT2D eigenvalue weighted by atomic mass is 79.9. The third-order valence-electron chi connectivity index (χ3n) is 3.52. The molecule has 0 aliphatic heterocycles. The lowest BCUT2D eigenvalue weighted by molar-refractivity contribution is 0.111. The van der Waals surface area contributed by atoms with Crippen LogP contribution in [-0.4, -0.2) is 17.8 Å². The second kappa shape index (κ2) is 5.87. The van der Waals surface area contributed by atoms with Crippen molar-refractivity contribution in [1.82, 2.24) is 0 Å². The highest BCUT2D eigenvalue weighted by Crippen LogP contribution is 2.27. The Morgan fingerprint density at radius 2 is 2.00 bits per heavy atom. The summed E-state index contributed by atoms with van der Waals surface area (Å²) in [5.74, 6) is 0.701. The minimum atomic E-state index is -0.0580. The zero-order valence-electron chi connectivity index (χ0n) is 10.2. The van der Waals surface area contributed by atoms with Gasteiger partial charge >= 0.3 is 0 Å². The Morgan fingerprint density at radius 3 is 2.65 bits per heavy atom. The van der Waals surface area contributed by atoms with Gasteiger partial charge in [-0.25, -0.2) is 0 Å². The minimum Gasteiger partial charge on any atom is -0.393 e. The van der Waals surface area contributed by atoms with Gasteiger partial charge in [-0.15, -0.1) is 0 Å². The molecule has 1 aromatic rings. The van der Waals surface area contributed by atoms with Crippen LogP contribution in [0.5, 0.6) is 0 Å². The second-order valence-electron chi connectivity index (χ2n) is 5.04. The van der Waals surface area contributed by atoms with Crippen LogP contribution in [-0.2, 0) is 0 Å². The fourth-order valence-corrected chi connectivity index (χ4v) is 3.00. The molecule has 0 saturated heterocycles. The van der Waals surface area contributed by atoms with E-state index in [1.165, 1.54) is 11.3 Å². The van der Waals surface area contributed by atoms with Crippen molar-refractivity contribution < 1.29 is 5.11 Å². The normalized spacial score (nSPS) is 24.6. The lowest BCUT2D eigenvalue weighted by Gasteiger charge is -2.26. The molecule has 1 aromatic carbocycles. The van der Waals surface area contributed by atoms with Crippen LogP contribution in [0.4, 0.5) is 5.69 Å². The summed E-state index contributed by atoms with van der Waals surface area (Å²) < 4.78 is 1.13. The Balaban J connectivity index is 1.85. The summed E-state index contributed by atoms with van der Waals surface area (Å²) in [6, 6.07) is 6.38. The number of aliphatic hydroxyl groups excluding tert-OH is 1. The maximum Gasteiger partial charge on any atom is 0.0540 e. The molecular weight excluding hydrogens is 278 g/mol. The first-order chi connectivity index (χ1) is 8.15. The van der Waals surface area contributed by atoms with Crippen LogP contribution in [0.25, 0.3) is 0 Å². The number of hydrogen-bond donors (Lipinski definition) is 2. The van der Waals surface area contributed by atoms with Crippen LogP contribution in [0.3, 0.4) is 0 Å². The molecule has 0 atom stereocenters. The third kappa shape index (κ3) is 3.71. The summed E-state index contributed by atoms with van der Waals surface area (Å²) in [6.45, 7) is 3.10. The Hall–Kier alpha value is -0.540. The van der Waals surface area contributed by atoms with E-state index in [9.17, 15) is 5.11 Å². The number of nitrogens with one attached hydrogen (secondary N) is 1. The Labute approximate surface area is 112 Å². The molecule has 2 N–H and O–H groups in total. The van der Waals surface area contributed by atoms with Gasteiger partial charge in [0, 0.05) is 16.7 Å². The molecule has 1 fully saturated rings.